The molecular formula is C10H13N3O3S. The second kappa shape index (κ2) is 5.22. The monoisotopic (exact) mass is 255 g/mol. The maximum atomic E-state index is 12.0. The average molecular weight is 255 g/mol. The molecule has 17 heavy (non-hydrogen) atoms. The van der Waals surface area contributed by atoms with Gasteiger partial charge in [0.15, 0.2) is 0 Å². The van der Waals surface area contributed by atoms with Gasteiger partial charge in [-0.2, -0.15) is 0 Å². The molecule has 2 rings (SSSR count). The number of carboxylic acids is 1. The molecule has 1 aromatic heterocycles. The fourth-order valence-corrected chi connectivity index (χ4v) is 2.56. The van der Waals surface area contributed by atoms with E-state index < -0.39 is 5.97 Å². The lowest BCUT2D eigenvalue weighted by Crippen LogP contribution is -2.40. The Morgan fingerprint density at radius 3 is 3.06 bits per heavy atom. The molecule has 1 N–H and O–H groups in total. The van der Waals surface area contributed by atoms with Gasteiger partial charge in [-0.1, -0.05) is 4.49 Å². The molecule has 0 bridgehead atoms. The summed E-state index contributed by atoms with van der Waals surface area (Å²) in [5, 5.41) is 12.4. The predicted octanol–water partition coefficient (Wildman–Crippen LogP) is 0.865. The summed E-state index contributed by atoms with van der Waals surface area (Å²) in [6, 6.07) is 0. The van der Waals surface area contributed by atoms with Crippen LogP contribution in [0.1, 0.15) is 28.9 Å². The number of nitrogens with zero attached hydrogens (tertiary/aromatic N) is 3. The maximum absolute atomic E-state index is 12.0. The van der Waals surface area contributed by atoms with Crippen molar-refractivity contribution >= 4 is 23.4 Å². The van der Waals surface area contributed by atoms with Crippen molar-refractivity contribution in [2.75, 3.05) is 13.1 Å². The lowest BCUT2D eigenvalue weighted by Gasteiger charge is -2.31. The van der Waals surface area contributed by atoms with Crippen molar-refractivity contribution < 1.29 is 14.7 Å². The predicted molar refractivity (Wildman–Crippen MR) is 60.8 cm³/mol. The summed E-state index contributed by atoms with van der Waals surface area (Å²) in [4.78, 5) is 24.9. The Bertz CT molecular complexity index is 407. The number of carbonyl (C=O) groups excluding carboxylic acids is 1. The van der Waals surface area contributed by atoms with Crippen molar-refractivity contribution in [2.24, 2.45) is 5.92 Å². The van der Waals surface area contributed by atoms with Crippen LogP contribution in [-0.4, -0.2) is 44.6 Å². The Morgan fingerprint density at radius 2 is 2.41 bits per heavy atom. The highest BCUT2D eigenvalue weighted by Gasteiger charge is 2.26. The van der Waals surface area contributed by atoms with Crippen molar-refractivity contribution in [2.45, 2.75) is 19.3 Å². The molecular weight excluding hydrogens is 242 g/mol. The maximum Gasteiger partial charge on any atom is 0.303 e. The molecule has 1 aliphatic heterocycles. The van der Waals surface area contributed by atoms with E-state index in [1.807, 2.05) is 0 Å². The van der Waals surface area contributed by atoms with Gasteiger partial charge >= 0.3 is 5.97 Å². The summed E-state index contributed by atoms with van der Waals surface area (Å²) >= 11 is 1.07. The summed E-state index contributed by atoms with van der Waals surface area (Å²) < 4.78 is 3.66. The molecule has 1 saturated heterocycles. The van der Waals surface area contributed by atoms with Crippen molar-refractivity contribution in [3.05, 3.63) is 11.1 Å². The summed E-state index contributed by atoms with van der Waals surface area (Å²) in [5.74, 6) is -0.829. The number of aliphatic carboxylic acids is 1. The van der Waals surface area contributed by atoms with Gasteiger partial charge in [0.1, 0.15) is 4.88 Å². The van der Waals surface area contributed by atoms with Crippen LogP contribution in [0.5, 0.6) is 0 Å². The first kappa shape index (κ1) is 12.0. The molecule has 0 aliphatic carbocycles. The van der Waals surface area contributed by atoms with Crippen LogP contribution in [0.15, 0.2) is 6.20 Å². The van der Waals surface area contributed by atoms with E-state index in [9.17, 15) is 9.59 Å². The molecule has 1 fully saturated rings. The fourth-order valence-electron chi connectivity index (χ4n) is 2.08. The van der Waals surface area contributed by atoms with Crippen LogP contribution in [0.4, 0.5) is 0 Å². The van der Waals surface area contributed by atoms with E-state index in [0.29, 0.717) is 18.0 Å². The summed E-state index contributed by atoms with van der Waals surface area (Å²) in [7, 11) is 0. The Hall–Kier alpha value is -1.50. The Kier molecular flexibility index (Phi) is 3.68. The molecule has 0 spiro atoms. The van der Waals surface area contributed by atoms with Gasteiger partial charge in [-0.05, 0) is 30.3 Å². The van der Waals surface area contributed by atoms with Crippen molar-refractivity contribution in [3.63, 3.8) is 0 Å². The van der Waals surface area contributed by atoms with Crippen molar-refractivity contribution in [1.29, 1.82) is 0 Å². The number of hydrogen-bond donors (Lipinski definition) is 1. The molecule has 0 radical (unpaired) electrons. The van der Waals surface area contributed by atoms with E-state index in [4.69, 9.17) is 5.11 Å². The molecule has 1 atom stereocenters. The first-order valence-corrected chi connectivity index (χ1v) is 6.22. The third-order valence-electron chi connectivity index (χ3n) is 2.84. The number of hydrogen-bond acceptors (Lipinski definition) is 5. The van der Waals surface area contributed by atoms with Gasteiger partial charge in [-0.3, -0.25) is 9.59 Å². The standard InChI is InChI=1S/C10H13N3O3S/c14-9(15)4-7-2-1-3-13(6-7)10(16)8-5-11-12-17-8/h5,7H,1-4,6H2,(H,14,15). The molecule has 7 heteroatoms. The van der Waals surface area contributed by atoms with Crippen LogP contribution >= 0.6 is 11.5 Å². The first-order chi connectivity index (χ1) is 8.16. The number of rotatable bonds is 3. The Balaban J connectivity index is 1.97. The number of amides is 1. The Morgan fingerprint density at radius 1 is 1.59 bits per heavy atom. The first-order valence-electron chi connectivity index (χ1n) is 5.45. The van der Waals surface area contributed by atoms with E-state index in [0.717, 1.165) is 24.4 Å². The molecule has 92 valence electrons. The second-order valence-corrected chi connectivity index (χ2v) is 4.92. The van der Waals surface area contributed by atoms with E-state index in [2.05, 4.69) is 9.59 Å². The van der Waals surface area contributed by atoms with Crippen LogP contribution in [0.2, 0.25) is 0 Å². The van der Waals surface area contributed by atoms with Crippen LogP contribution < -0.4 is 0 Å². The van der Waals surface area contributed by atoms with Gasteiger partial charge in [0, 0.05) is 19.5 Å². The third kappa shape index (κ3) is 3.00. The molecule has 0 saturated carbocycles. The van der Waals surface area contributed by atoms with Gasteiger partial charge in [-0.15, -0.1) is 5.10 Å². The zero-order valence-electron chi connectivity index (χ0n) is 9.20. The summed E-state index contributed by atoms with van der Waals surface area (Å²) in [5.41, 5.74) is 0. The smallest absolute Gasteiger partial charge is 0.303 e. The largest absolute Gasteiger partial charge is 0.481 e. The van der Waals surface area contributed by atoms with E-state index in [1.54, 1.807) is 4.90 Å². The van der Waals surface area contributed by atoms with Crippen LogP contribution in [-0.2, 0) is 4.79 Å². The molecule has 1 amide bonds. The highest BCUT2D eigenvalue weighted by atomic mass is 32.1. The lowest BCUT2D eigenvalue weighted by atomic mass is 9.95. The van der Waals surface area contributed by atoms with Gasteiger partial charge in [-0.25, -0.2) is 0 Å². The van der Waals surface area contributed by atoms with Crippen molar-refractivity contribution in [3.8, 4) is 0 Å². The van der Waals surface area contributed by atoms with E-state index >= 15 is 0 Å². The minimum absolute atomic E-state index is 0.0612. The third-order valence-corrected chi connectivity index (χ3v) is 3.49. The molecule has 1 aromatic rings. The van der Waals surface area contributed by atoms with Gasteiger partial charge < -0.3 is 10.0 Å². The highest BCUT2D eigenvalue weighted by Crippen LogP contribution is 2.21. The number of carboxylic acid groups (broad SMARTS) is 1. The van der Waals surface area contributed by atoms with Gasteiger partial charge in [0.25, 0.3) is 5.91 Å². The van der Waals surface area contributed by atoms with E-state index in [1.165, 1.54) is 6.20 Å². The topological polar surface area (TPSA) is 83.4 Å². The average Bonchev–Trinajstić information content (AvgIpc) is 2.81. The molecule has 0 aromatic carbocycles. The summed E-state index contributed by atoms with van der Waals surface area (Å²) in [6.45, 7) is 1.20. The minimum atomic E-state index is -0.802. The molecule has 1 unspecified atom stereocenters. The highest BCUT2D eigenvalue weighted by molar-refractivity contribution is 7.07. The zero-order valence-corrected chi connectivity index (χ0v) is 10.0. The number of aromatic nitrogens is 2. The summed E-state index contributed by atoms with van der Waals surface area (Å²) in [6.07, 6.45) is 3.31. The Labute approximate surface area is 102 Å². The van der Waals surface area contributed by atoms with Gasteiger partial charge in [0.2, 0.25) is 0 Å². The SMILES string of the molecule is O=C(O)CC1CCCN(C(=O)c2cnns2)C1. The molecule has 6 nitrogen and oxygen atoms in total. The lowest BCUT2D eigenvalue weighted by molar-refractivity contribution is -0.138. The quantitative estimate of drug-likeness (QED) is 0.866. The minimum Gasteiger partial charge on any atom is -0.481 e. The van der Waals surface area contributed by atoms with Crippen LogP contribution in [0.3, 0.4) is 0 Å². The second-order valence-electron chi connectivity index (χ2n) is 4.14. The van der Waals surface area contributed by atoms with Gasteiger partial charge in [0.05, 0.1) is 6.20 Å². The molecule has 1 aliphatic rings. The number of carbonyl (C=O) groups is 2. The van der Waals surface area contributed by atoms with Crippen LogP contribution in [0, 0.1) is 5.92 Å². The fraction of sp³-hybridized carbons (Fsp3) is 0.600. The zero-order chi connectivity index (χ0) is 12.3. The molecule has 2 heterocycles. The van der Waals surface area contributed by atoms with Crippen LogP contribution in [0.25, 0.3) is 0 Å². The van der Waals surface area contributed by atoms with E-state index in [-0.39, 0.29) is 18.2 Å². The normalized spacial score (nSPS) is 20.2. The van der Waals surface area contributed by atoms with Crippen molar-refractivity contribution in [1.82, 2.24) is 14.5 Å². The number of likely N-dealkylation sites (tertiary alicyclic amines) is 1. The number of piperidine rings is 1.